The summed E-state index contributed by atoms with van der Waals surface area (Å²) < 4.78 is 23.1. The van der Waals surface area contributed by atoms with Crippen LogP contribution in [0.2, 0.25) is 50.4 Å². The van der Waals surface area contributed by atoms with Gasteiger partial charge in [-0.1, -0.05) is 88.4 Å². The zero-order chi connectivity index (χ0) is 30.9. The van der Waals surface area contributed by atoms with Crippen molar-refractivity contribution in [2.45, 2.75) is 104 Å². The number of benzene rings is 2. The fourth-order valence-electron chi connectivity index (χ4n) is 10.7. The van der Waals surface area contributed by atoms with Gasteiger partial charge in [-0.2, -0.15) is 0 Å². The fraction of sp³-hybridized carbons (Fsp3) is 0.667. The van der Waals surface area contributed by atoms with Gasteiger partial charge in [-0.15, -0.1) is 0 Å². The molecule has 4 aliphatic rings. The topological polar surface area (TPSA) is 27.7 Å². The molecule has 0 aromatic heterocycles. The summed E-state index contributed by atoms with van der Waals surface area (Å²) in [6, 6.07) is 22.1. The maximum atomic E-state index is 7.90. The number of fused-ring (bicyclic) bond motifs is 4. The molecule has 0 spiro atoms. The molecule has 0 aliphatic heterocycles. The van der Waals surface area contributed by atoms with Gasteiger partial charge in [0.1, 0.15) is 0 Å². The Labute approximate surface area is 267 Å². The van der Waals surface area contributed by atoms with Crippen LogP contribution in [-0.4, -0.2) is 33.8 Å². The van der Waals surface area contributed by atoms with Crippen LogP contribution in [0.25, 0.3) is 0 Å². The number of hydrogen-bond acceptors (Lipinski definition) is 3. The summed E-state index contributed by atoms with van der Waals surface area (Å²) in [4.78, 5) is 0. The van der Waals surface area contributed by atoms with Crippen molar-refractivity contribution in [1.82, 2.24) is 0 Å². The Hall–Kier alpha value is -0.812. The average Bonchev–Trinajstić information content (AvgIpc) is 3.72. The Morgan fingerprint density at radius 1 is 0.488 bits per heavy atom. The molecular formula is C36H58O3Si4. The van der Waals surface area contributed by atoms with Gasteiger partial charge in [0.25, 0.3) is 0 Å². The number of hydrogen-bond donors (Lipinski definition) is 0. The molecule has 3 nitrogen and oxygen atoms in total. The van der Waals surface area contributed by atoms with Crippen LogP contribution < -0.4 is 10.4 Å². The summed E-state index contributed by atoms with van der Waals surface area (Å²) in [6.07, 6.45) is 5.49. The van der Waals surface area contributed by atoms with E-state index in [0.717, 1.165) is 52.9 Å². The van der Waals surface area contributed by atoms with Crippen molar-refractivity contribution < 1.29 is 12.3 Å². The molecule has 43 heavy (non-hydrogen) atoms. The van der Waals surface area contributed by atoms with E-state index in [0.29, 0.717) is 5.54 Å². The third-order valence-corrected chi connectivity index (χ3v) is 30.7. The van der Waals surface area contributed by atoms with Crippen LogP contribution in [0.3, 0.4) is 0 Å². The molecule has 4 bridgehead atoms. The van der Waals surface area contributed by atoms with E-state index in [1.807, 2.05) is 0 Å². The van der Waals surface area contributed by atoms with Crippen molar-refractivity contribution >= 4 is 44.1 Å². The zero-order valence-corrected chi connectivity index (χ0v) is 32.6. The van der Waals surface area contributed by atoms with Crippen LogP contribution in [0.15, 0.2) is 60.7 Å². The van der Waals surface area contributed by atoms with E-state index >= 15 is 0 Å². The Kier molecular flexibility index (Phi) is 8.57. The summed E-state index contributed by atoms with van der Waals surface area (Å²) in [6.45, 7) is 24.7. The highest BCUT2D eigenvalue weighted by atomic mass is 28.5. The van der Waals surface area contributed by atoms with Crippen LogP contribution in [0.1, 0.15) is 53.4 Å². The predicted octanol–water partition coefficient (Wildman–Crippen LogP) is 8.77. The Bertz CT molecular complexity index is 1220. The Morgan fingerprint density at radius 3 is 1.26 bits per heavy atom. The van der Waals surface area contributed by atoms with Gasteiger partial charge in [-0.25, -0.2) is 0 Å². The maximum Gasteiger partial charge on any atom is 0.388 e. The summed E-state index contributed by atoms with van der Waals surface area (Å²) in [5.41, 5.74) is 1.41. The van der Waals surface area contributed by atoms with E-state index < -0.39 is 33.8 Å². The van der Waals surface area contributed by atoms with Gasteiger partial charge in [-0.05, 0) is 134 Å². The van der Waals surface area contributed by atoms with Gasteiger partial charge in [0.15, 0.2) is 16.6 Å². The summed E-state index contributed by atoms with van der Waals surface area (Å²) in [7, 11) is -9.97. The minimum Gasteiger partial charge on any atom is -0.436 e. The lowest BCUT2D eigenvalue weighted by atomic mass is 9.81. The van der Waals surface area contributed by atoms with E-state index in [1.54, 1.807) is 0 Å². The van der Waals surface area contributed by atoms with Crippen molar-refractivity contribution in [2.24, 2.45) is 47.3 Å². The maximum absolute atomic E-state index is 7.90. The first-order valence-corrected chi connectivity index (χ1v) is 28.0. The van der Waals surface area contributed by atoms with Gasteiger partial charge in [0, 0.05) is 0 Å². The second-order valence-corrected chi connectivity index (χ2v) is 32.2. The molecular weight excluding hydrogens is 593 g/mol. The first-order valence-electron chi connectivity index (χ1n) is 17.4. The van der Waals surface area contributed by atoms with Crippen LogP contribution >= 0.6 is 0 Å². The van der Waals surface area contributed by atoms with Crippen LogP contribution in [0.5, 0.6) is 0 Å². The number of rotatable bonds is 10. The second kappa shape index (κ2) is 11.5. The molecule has 0 N–H and O–H groups in total. The van der Waals surface area contributed by atoms with E-state index in [4.69, 9.17) is 12.3 Å². The molecule has 6 unspecified atom stereocenters. The average molecular weight is 651 g/mol. The van der Waals surface area contributed by atoms with Crippen molar-refractivity contribution in [3.05, 3.63) is 60.7 Å². The quantitative estimate of drug-likeness (QED) is 0.241. The monoisotopic (exact) mass is 650 g/mol. The minimum absolute atomic E-state index is 0.681. The molecule has 4 fully saturated rings. The van der Waals surface area contributed by atoms with Crippen molar-refractivity contribution in [1.29, 1.82) is 0 Å². The molecule has 7 heteroatoms. The molecule has 2 aromatic rings. The lowest BCUT2D eigenvalue weighted by molar-refractivity contribution is 0.239. The van der Waals surface area contributed by atoms with Crippen LogP contribution in [-0.2, 0) is 12.3 Å². The molecule has 0 radical (unpaired) electrons. The molecule has 0 amide bonds. The third-order valence-electron chi connectivity index (χ3n) is 13.2. The molecule has 10 atom stereocenters. The molecule has 0 saturated heterocycles. The van der Waals surface area contributed by atoms with Crippen LogP contribution in [0, 0.1) is 47.3 Å². The van der Waals surface area contributed by atoms with E-state index in [1.165, 1.54) is 36.1 Å². The largest absolute Gasteiger partial charge is 0.436 e. The van der Waals surface area contributed by atoms with Crippen molar-refractivity contribution in [3.63, 3.8) is 0 Å². The Morgan fingerprint density at radius 2 is 0.884 bits per heavy atom. The van der Waals surface area contributed by atoms with Crippen molar-refractivity contribution in [2.75, 3.05) is 0 Å². The second-order valence-electron chi connectivity index (χ2n) is 16.7. The van der Waals surface area contributed by atoms with Gasteiger partial charge < -0.3 is 12.3 Å². The summed E-state index contributed by atoms with van der Waals surface area (Å²) in [5, 5.41) is 2.47. The molecule has 4 saturated carbocycles. The predicted molar refractivity (Wildman–Crippen MR) is 190 cm³/mol. The van der Waals surface area contributed by atoms with Crippen LogP contribution in [0.4, 0.5) is 0 Å². The van der Waals surface area contributed by atoms with E-state index in [2.05, 4.69) is 128 Å². The first-order chi connectivity index (χ1) is 20.2. The smallest absolute Gasteiger partial charge is 0.388 e. The fourth-order valence-corrected chi connectivity index (χ4v) is 32.0. The lowest BCUT2D eigenvalue weighted by Crippen LogP contribution is -2.72. The molecule has 2 aromatic carbocycles. The first kappa shape index (κ1) is 32.1. The summed E-state index contributed by atoms with van der Waals surface area (Å²) in [5.74, 6) is 6.66. The lowest BCUT2D eigenvalue weighted by Gasteiger charge is -2.49. The summed E-state index contributed by atoms with van der Waals surface area (Å²) >= 11 is 0. The van der Waals surface area contributed by atoms with Gasteiger partial charge in [0.2, 0.25) is 0 Å². The van der Waals surface area contributed by atoms with Gasteiger partial charge >= 0.3 is 17.1 Å². The molecule has 6 rings (SSSR count). The van der Waals surface area contributed by atoms with Crippen molar-refractivity contribution in [3.8, 4) is 0 Å². The standard InChI is InChI=1S/C36H58O3Si4/c1-25-27(3)33-21-29(25)23-35(33)40(5,6)37-42(9,10)39-43(31-17-13-11-14-18-31,32-19-15-12-16-20-32)38-41(7,8)36-24-30-22-34(36)28(4)26(30)2/h11-20,25-30,33-36H,21-24H2,1-10H3/t25-,26+,27+,28-,29?,30?,33?,34?,35?,36?/m1/s1. The van der Waals surface area contributed by atoms with E-state index in [9.17, 15) is 0 Å². The van der Waals surface area contributed by atoms with Gasteiger partial charge in [-0.3, -0.25) is 0 Å². The molecule has 236 valence electrons. The highest BCUT2D eigenvalue weighted by Crippen LogP contribution is 2.62. The van der Waals surface area contributed by atoms with E-state index in [-0.39, 0.29) is 0 Å². The molecule has 4 aliphatic carbocycles. The van der Waals surface area contributed by atoms with Gasteiger partial charge in [0.05, 0.1) is 0 Å². The highest BCUT2D eigenvalue weighted by molar-refractivity contribution is 7.02. The highest BCUT2D eigenvalue weighted by Gasteiger charge is 2.60. The normalized spacial score (nSPS) is 36.0. The zero-order valence-electron chi connectivity index (χ0n) is 28.6. The SMILES string of the molecule is C[C@@H]1C2CC(CC2[Si](C)(C)O[Si](C)(C)O[Si](O[Si](C)(C)C2CC3CC2[C@H](C)[C@@H]3C)(c2ccccc2)c2ccccc2)[C@@H]1C. The molecule has 0 heterocycles. The minimum atomic E-state index is -3.11. The third kappa shape index (κ3) is 5.72. The Balaban J connectivity index is 1.36.